The van der Waals surface area contributed by atoms with Gasteiger partial charge in [-0.25, -0.2) is 0 Å². The number of hydrogen-bond donors (Lipinski definition) is 1. The zero-order valence-corrected chi connectivity index (χ0v) is 12.9. The summed E-state index contributed by atoms with van der Waals surface area (Å²) in [5.41, 5.74) is 2.39. The highest BCUT2D eigenvalue weighted by Crippen LogP contribution is 2.22. The van der Waals surface area contributed by atoms with E-state index in [1.54, 1.807) is 0 Å². The summed E-state index contributed by atoms with van der Waals surface area (Å²) in [6.07, 6.45) is 2.80. The van der Waals surface area contributed by atoms with Crippen LogP contribution in [0, 0.1) is 0 Å². The van der Waals surface area contributed by atoms with E-state index in [-0.39, 0.29) is 0 Å². The van der Waals surface area contributed by atoms with Gasteiger partial charge in [-0.2, -0.15) is 5.10 Å². The van der Waals surface area contributed by atoms with Gasteiger partial charge in [0, 0.05) is 42.1 Å². The van der Waals surface area contributed by atoms with Gasteiger partial charge in [0.05, 0.1) is 0 Å². The van der Waals surface area contributed by atoms with Gasteiger partial charge in [0.15, 0.2) is 0 Å². The molecular weight excluding hydrogens is 314 g/mol. The van der Waals surface area contributed by atoms with Crippen molar-refractivity contribution in [3.05, 3.63) is 58.8 Å². The lowest BCUT2D eigenvalue weighted by Gasteiger charge is -2.08. The molecule has 102 valence electrons. The van der Waals surface area contributed by atoms with Gasteiger partial charge in [0.1, 0.15) is 0 Å². The first-order chi connectivity index (χ1) is 9.72. The minimum absolute atomic E-state index is 0.904. The van der Waals surface area contributed by atoms with E-state index < -0.39 is 0 Å². The van der Waals surface area contributed by atoms with Crippen LogP contribution in [0.1, 0.15) is 5.69 Å². The van der Waals surface area contributed by atoms with E-state index >= 15 is 0 Å². The summed E-state index contributed by atoms with van der Waals surface area (Å²) < 4.78 is 3.03. The number of halogens is 1. The predicted molar refractivity (Wildman–Crippen MR) is 87.0 cm³/mol. The number of aromatic nitrogens is 2. The molecule has 2 aromatic carbocycles. The topological polar surface area (TPSA) is 29.9 Å². The van der Waals surface area contributed by atoms with Crippen LogP contribution >= 0.6 is 15.9 Å². The molecule has 0 saturated carbocycles. The Morgan fingerprint density at radius 1 is 1.10 bits per heavy atom. The third-order valence-electron chi connectivity index (χ3n) is 3.44. The quantitative estimate of drug-likeness (QED) is 0.784. The van der Waals surface area contributed by atoms with Crippen LogP contribution in [0.4, 0.5) is 5.69 Å². The number of benzene rings is 2. The van der Waals surface area contributed by atoms with Crippen molar-refractivity contribution in [2.75, 3.05) is 11.9 Å². The van der Waals surface area contributed by atoms with Gasteiger partial charge in [-0.15, -0.1) is 0 Å². The minimum Gasteiger partial charge on any atom is -0.385 e. The summed E-state index contributed by atoms with van der Waals surface area (Å²) in [7, 11) is 1.98. The molecule has 3 aromatic rings. The predicted octanol–water partition coefficient (Wildman–Crippen LogP) is 3.99. The van der Waals surface area contributed by atoms with Gasteiger partial charge in [-0.05, 0) is 41.1 Å². The lowest BCUT2D eigenvalue weighted by Crippen LogP contribution is -2.08. The van der Waals surface area contributed by atoms with Crippen molar-refractivity contribution in [2.45, 2.75) is 6.42 Å². The molecule has 1 heterocycles. The third kappa shape index (κ3) is 2.85. The fourth-order valence-corrected chi connectivity index (χ4v) is 2.69. The number of rotatable bonds is 4. The lowest BCUT2D eigenvalue weighted by molar-refractivity contribution is 0.711. The van der Waals surface area contributed by atoms with E-state index in [2.05, 4.69) is 68.8 Å². The summed E-state index contributed by atoms with van der Waals surface area (Å²) in [4.78, 5) is 0. The Hall–Kier alpha value is -1.81. The van der Waals surface area contributed by atoms with Crippen molar-refractivity contribution in [1.82, 2.24) is 9.78 Å². The first-order valence-corrected chi connectivity index (χ1v) is 7.42. The molecule has 0 aliphatic rings. The van der Waals surface area contributed by atoms with Crippen molar-refractivity contribution in [2.24, 2.45) is 7.05 Å². The van der Waals surface area contributed by atoms with E-state index in [0.29, 0.717) is 0 Å². The fourth-order valence-electron chi connectivity index (χ4n) is 2.31. The SMILES string of the molecule is Cn1nccc1CCNc1ccc2cc(Br)ccc2c1. The van der Waals surface area contributed by atoms with Gasteiger partial charge >= 0.3 is 0 Å². The normalized spacial score (nSPS) is 10.9. The maximum atomic E-state index is 4.18. The molecular formula is C16H16BrN3. The number of nitrogens with one attached hydrogen (secondary N) is 1. The molecule has 4 heteroatoms. The van der Waals surface area contributed by atoms with Gasteiger partial charge in [-0.3, -0.25) is 4.68 Å². The maximum Gasteiger partial charge on any atom is 0.0492 e. The van der Waals surface area contributed by atoms with Crippen LogP contribution in [-0.2, 0) is 13.5 Å². The van der Waals surface area contributed by atoms with E-state index in [9.17, 15) is 0 Å². The molecule has 3 nitrogen and oxygen atoms in total. The van der Waals surface area contributed by atoms with E-state index in [0.717, 1.165) is 23.1 Å². The molecule has 0 atom stereocenters. The molecule has 3 rings (SSSR count). The molecule has 0 unspecified atom stereocenters. The number of fused-ring (bicyclic) bond motifs is 1. The first kappa shape index (κ1) is 13.2. The van der Waals surface area contributed by atoms with Crippen molar-refractivity contribution >= 4 is 32.4 Å². The molecule has 20 heavy (non-hydrogen) atoms. The Morgan fingerprint density at radius 3 is 2.70 bits per heavy atom. The maximum absolute atomic E-state index is 4.18. The number of anilines is 1. The van der Waals surface area contributed by atoms with Gasteiger partial charge in [-0.1, -0.05) is 28.1 Å². The summed E-state index contributed by atoms with van der Waals surface area (Å²) in [6.45, 7) is 0.904. The van der Waals surface area contributed by atoms with Crippen molar-refractivity contribution in [3.8, 4) is 0 Å². The van der Waals surface area contributed by atoms with Crippen molar-refractivity contribution in [1.29, 1.82) is 0 Å². The van der Waals surface area contributed by atoms with Gasteiger partial charge < -0.3 is 5.32 Å². The molecule has 0 saturated heterocycles. The third-order valence-corrected chi connectivity index (χ3v) is 3.93. The fraction of sp³-hybridized carbons (Fsp3) is 0.188. The van der Waals surface area contributed by atoms with E-state index in [1.807, 2.05) is 17.9 Å². The first-order valence-electron chi connectivity index (χ1n) is 6.62. The van der Waals surface area contributed by atoms with Crippen LogP contribution in [0.5, 0.6) is 0 Å². The summed E-state index contributed by atoms with van der Waals surface area (Å²) in [5.74, 6) is 0. The van der Waals surface area contributed by atoms with Crippen LogP contribution < -0.4 is 5.32 Å². The average molecular weight is 330 g/mol. The molecule has 0 fully saturated rings. The molecule has 0 aliphatic heterocycles. The Labute approximate surface area is 126 Å². The highest BCUT2D eigenvalue weighted by Gasteiger charge is 2.00. The largest absolute Gasteiger partial charge is 0.385 e. The van der Waals surface area contributed by atoms with Gasteiger partial charge in [0.25, 0.3) is 0 Å². The molecule has 0 bridgehead atoms. The highest BCUT2D eigenvalue weighted by molar-refractivity contribution is 9.10. The minimum atomic E-state index is 0.904. The number of nitrogens with zero attached hydrogens (tertiary/aromatic N) is 2. The van der Waals surface area contributed by atoms with Crippen LogP contribution in [0.25, 0.3) is 10.8 Å². The van der Waals surface area contributed by atoms with Crippen LogP contribution in [-0.4, -0.2) is 16.3 Å². The average Bonchev–Trinajstić information content (AvgIpc) is 2.85. The molecule has 0 amide bonds. The van der Waals surface area contributed by atoms with Crippen molar-refractivity contribution in [3.63, 3.8) is 0 Å². The summed E-state index contributed by atoms with van der Waals surface area (Å²) >= 11 is 3.50. The monoisotopic (exact) mass is 329 g/mol. The molecule has 0 aliphatic carbocycles. The molecule has 0 spiro atoms. The zero-order chi connectivity index (χ0) is 13.9. The molecule has 1 aromatic heterocycles. The second-order valence-corrected chi connectivity index (χ2v) is 5.74. The Bertz CT molecular complexity index is 733. The van der Waals surface area contributed by atoms with E-state index in [4.69, 9.17) is 0 Å². The number of aryl methyl sites for hydroxylation is 1. The van der Waals surface area contributed by atoms with E-state index in [1.165, 1.54) is 16.5 Å². The highest BCUT2D eigenvalue weighted by atomic mass is 79.9. The second-order valence-electron chi connectivity index (χ2n) is 4.83. The number of hydrogen-bond acceptors (Lipinski definition) is 2. The lowest BCUT2D eigenvalue weighted by atomic mass is 10.1. The molecule has 1 N–H and O–H groups in total. The Balaban J connectivity index is 1.68. The standard InChI is InChI=1S/C16H16BrN3/c1-20-16(7-9-19-20)6-8-18-15-5-3-12-10-14(17)4-2-13(12)11-15/h2-5,7,9-11,18H,6,8H2,1H3. The van der Waals surface area contributed by atoms with Crippen LogP contribution in [0.15, 0.2) is 53.1 Å². The molecule has 0 radical (unpaired) electrons. The van der Waals surface area contributed by atoms with Crippen LogP contribution in [0.2, 0.25) is 0 Å². The zero-order valence-electron chi connectivity index (χ0n) is 11.3. The Kier molecular flexibility index (Phi) is 3.74. The van der Waals surface area contributed by atoms with Crippen molar-refractivity contribution < 1.29 is 0 Å². The Morgan fingerprint density at radius 2 is 1.90 bits per heavy atom. The second kappa shape index (κ2) is 5.67. The summed E-state index contributed by atoms with van der Waals surface area (Å²) in [6, 6.07) is 14.8. The van der Waals surface area contributed by atoms with Crippen LogP contribution in [0.3, 0.4) is 0 Å². The smallest absolute Gasteiger partial charge is 0.0492 e. The van der Waals surface area contributed by atoms with Gasteiger partial charge in [0.2, 0.25) is 0 Å². The summed E-state index contributed by atoms with van der Waals surface area (Å²) in [5, 5.41) is 10.1.